The Bertz CT molecular complexity index is 510. The first-order valence-electron chi connectivity index (χ1n) is 5.42. The lowest BCUT2D eigenvalue weighted by atomic mass is 10.3. The molecule has 0 aliphatic heterocycles. The summed E-state index contributed by atoms with van der Waals surface area (Å²) in [5.41, 5.74) is 1.00. The van der Waals surface area contributed by atoms with Gasteiger partial charge in [0.15, 0.2) is 4.34 Å². The van der Waals surface area contributed by atoms with Crippen LogP contribution < -0.4 is 0 Å². The predicted octanol–water partition coefficient (Wildman–Crippen LogP) is 3.99. The van der Waals surface area contributed by atoms with E-state index in [2.05, 4.69) is 30.9 Å². The molecule has 1 aromatic heterocycles. The monoisotopic (exact) mass is 286 g/mol. The maximum Gasteiger partial charge on any atom is 0.151 e. The van der Waals surface area contributed by atoms with E-state index < -0.39 is 0 Å². The molecule has 1 aromatic carbocycles. The third-order valence-corrected chi connectivity index (χ3v) is 4.70. The molecule has 0 spiro atoms. The van der Waals surface area contributed by atoms with Gasteiger partial charge in [-0.3, -0.25) is 0 Å². The normalized spacial score (nSPS) is 13.5. The molecule has 0 amide bonds. The molecule has 5 heteroatoms. The average molecular weight is 287 g/mol. The second kappa shape index (κ2) is 5.57. The lowest BCUT2D eigenvalue weighted by molar-refractivity contribution is 0.413. The van der Waals surface area contributed by atoms with Crippen molar-refractivity contribution >= 4 is 44.9 Å². The standard InChI is InChI=1S/C12H15ClN2S2/c1-8(7-15(2)3)16-12-14-10-6-9(13)4-5-11(10)17-12/h4-6,8H,7H2,1-3H3. The van der Waals surface area contributed by atoms with Crippen molar-refractivity contribution in [2.45, 2.75) is 16.5 Å². The van der Waals surface area contributed by atoms with Gasteiger partial charge in [-0.1, -0.05) is 30.3 Å². The predicted molar refractivity (Wildman–Crippen MR) is 78.5 cm³/mol. The van der Waals surface area contributed by atoms with Crippen molar-refractivity contribution in [1.29, 1.82) is 0 Å². The van der Waals surface area contributed by atoms with Crippen LogP contribution in [0, 0.1) is 0 Å². The van der Waals surface area contributed by atoms with Gasteiger partial charge in [0, 0.05) is 16.8 Å². The molecule has 2 aromatic rings. The second-order valence-electron chi connectivity index (χ2n) is 4.28. The van der Waals surface area contributed by atoms with Crippen LogP contribution in [0.2, 0.25) is 5.02 Å². The molecule has 0 aliphatic rings. The molecule has 1 atom stereocenters. The van der Waals surface area contributed by atoms with Crippen LogP contribution in [0.4, 0.5) is 0 Å². The fourth-order valence-corrected chi connectivity index (χ4v) is 4.32. The molecule has 0 N–H and O–H groups in total. The molecule has 92 valence electrons. The van der Waals surface area contributed by atoms with Gasteiger partial charge in [0.1, 0.15) is 0 Å². The van der Waals surface area contributed by atoms with Crippen molar-refractivity contribution in [2.75, 3.05) is 20.6 Å². The van der Waals surface area contributed by atoms with Crippen molar-refractivity contribution in [2.24, 2.45) is 0 Å². The Balaban J connectivity index is 2.14. The van der Waals surface area contributed by atoms with E-state index >= 15 is 0 Å². The minimum Gasteiger partial charge on any atom is -0.308 e. The number of hydrogen-bond acceptors (Lipinski definition) is 4. The molecule has 0 saturated heterocycles. The summed E-state index contributed by atoms with van der Waals surface area (Å²) >= 11 is 9.52. The third kappa shape index (κ3) is 3.58. The minimum absolute atomic E-state index is 0.543. The summed E-state index contributed by atoms with van der Waals surface area (Å²) in [6.45, 7) is 3.28. The largest absolute Gasteiger partial charge is 0.308 e. The van der Waals surface area contributed by atoms with Crippen molar-refractivity contribution in [3.05, 3.63) is 23.2 Å². The van der Waals surface area contributed by atoms with Gasteiger partial charge < -0.3 is 4.90 Å². The number of rotatable bonds is 4. The first-order chi connectivity index (χ1) is 8.04. The summed E-state index contributed by atoms with van der Waals surface area (Å²) in [6, 6.07) is 5.88. The average Bonchev–Trinajstić information content (AvgIpc) is 2.57. The van der Waals surface area contributed by atoms with Gasteiger partial charge in [0.25, 0.3) is 0 Å². The molecule has 17 heavy (non-hydrogen) atoms. The number of nitrogens with zero attached hydrogens (tertiary/aromatic N) is 2. The SMILES string of the molecule is CC(CN(C)C)Sc1nc2cc(Cl)ccc2s1. The highest BCUT2D eigenvalue weighted by atomic mass is 35.5. The molecule has 2 rings (SSSR count). The summed E-state index contributed by atoms with van der Waals surface area (Å²) in [5, 5.41) is 1.29. The Morgan fingerprint density at radius 1 is 1.47 bits per heavy atom. The van der Waals surface area contributed by atoms with Crippen LogP contribution in [0.25, 0.3) is 10.2 Å². The zero-order valence-corrected chi connectivity index (χ0v) is 12.5. The molecule has 2 nitrogen and oxygen atoms in total. The van der Waals surface area contributed by atoms with E-state index in [4.69, 9.17) is 11.6 Å². The molecule has 0 fully saturated rings. The number of fused-ring (bicyclic) bond motifs is 1. The first-order valence-corrected chi connectivity index (χ1v) is 7.49. The highest BCUT2D eigenvalue weighted by Crippen LogP contribution is 2.33. The number of thioether (sulfide) groups is 1. The number of aromatic nitrogens is 1. The first kappa shape index (κ1) is 13.1. The lowest BCUT2D eigenvalue weighted by Crippen LogP contribution is -2.21. The van der Waals surface area contributed by atoms with E-state index in [9.17, 15) is 0 Å². The van der Waals surface area contributed by atoms with E-state index in [1.54, 1.807) is 11.3 Å². The number of hydrogen-bond donors (Lipinski definition) is 0. The highest BCUT2D eigenvalue weighted by Gasteiger charge is 2.10. The van der Waals surface area contributed by atoms with E-state index in [0.29, 0.717) is 5.25 Å². The van der Waals surface area contributed by atoms with Crippen LogP contribution in [0.1, 0.15) is 6.92 Å². The van der Waals surface area contributed by atoms with Gasteiger partial charge in [0.05, 0.1) is 10.2 Å². The van der Waals surface area contributed by atoms with E-state index in [1.807, 2.05) is 30.0 Å². The van der Waals surface area contributed by atoms with Gasteiger partial charge in [-0.05, 0) is 32.3 Å². The Morgan fingerprint density at radius 2 is 2.24 bits per heavy atom. The molecule has 1 unspecified atom stereocenters. The van der Waals surface area contributed by atoms with E-state index in [1.165, 1.54) is 4.70 Å². The van der Waals surface area contributed by atoms with Crippen molar-refractivity contribution < 1.29 is 0 Å². The molecule has 0 saturated carbocycles. The Hall–Kier alpha value is -0.290. The molecule has 0 bridgehead atoms. The van der Waals surface area contributed by atoms with Gasteiger partial charge in [-0.15, -0.1) is 11.3 Å². The summed E-state index contributed by atoms with van der Waals surface area (Å²) in [6.07, 6.45) is 0. The second-order valence-corrected chi connectivity index (χ2v) is 7.44. The molecule has 1 heterocycles. The maximum atomic E-state index is 5.95. The van der Waals surface area contributed by atoms with Crippen molar-refractivity contribution in [3.8, 4) is 0 Å². The topological polar surface area (TPSA) is 16.1 Å². The van der Waals surface area contributed by atoms with E-state index in [0.717, 1.165) is 21.4 Å². The molecular weight excluding hydrogens is 272 g/mol. The van der Waals surface area contributed by atoms with Crippen LogP contribution in [0.5, 0.6) is 0 Å². The molecular formula is C12H15ClN2S2. The van der Waals surface area contributed by atoms with Crippen LogP contribution >= 0.6 is 34.7 Å². The van der Waals surface area contributed by atoms with Crippen molar-refractivity contribution in [3.63, 3.8) is 0 Å². The fourth-order valence-electron chi connectivity index (χ4n) is 1.65. The summed E-state index contributed by atoms with van der Waals surface area (Å²) in [7, 11) is 4.18. The summed E-state index contributed by atoms with van der Waals surface area (Å²) < 4.78 is 2.32. The van der Waals surface area contributed by atoms with Gasteiger partial charge >= 0.3 is 0 Å². The number of benzene rings is 1. The third-order valence-electron chi connectivity index (χ3n) is 2.25. The smallest absolute Gasteiger partial charge is 0.151 e. The summed E-state index contributed by atoms with van der Waals surface area (Å²) in [4.78, 5) is 6.80. The number of thiazole rings is 1. The Labute approximate surface area is 115 Å². The quantitative estimate of drug-likeness (QED) is 0.791. The maximum absolute atomic E-state index is 5.95. The lowest BCUT2D eigenvalue weighted by Gasteiger charge is -2.14. The van der Waals surface area contributed by atoms with Crippen molar-refractivity contribution in [1.82, 2.24) is 9.88 Å². The van der Waals surface area contributed by atoms with Gasteiger partial charge in [-0.2, -0.15) is 0 Å². The van der Waals surface area contributed by atoms with Gasteiger partial charge in [0.2, 0.25) is 0 Å². The fraction of sp³-hybridized carbons (Fsp3) is 0.417. The highest BCUT2D eigenvalue weighted by molar-refractivity contribution is 8.01. The van der Waals surface area contributed by atoms with Crippen LogP contribution in [0.15, 0.2) is 22.5 Å². The zero-order valence-electron chi connectivity index (χ0n) is 10.1. The summed E-state index contributed by atoms with van der Waals surface area (Å²) in [5.74, 6) is 0. The van der Waals surface area contributed by atoms with Gasteiger partial charge in [-0.25, -0.2) is 4.98 Å². The zero-order chi connectivity index (χ0) is 12.4. The van der Waals surface area contributed by atoms with Crippen LogP contribution in [0.3, 0.4) is 0 Å². The Morgan fingerprint density at radius 3 is 2.94 bits per heavy atom. The molecule has 0 radical (unpaired) electrons. The molecule has 0 aliphatic carbocycles. The minimum atomic E-state index is 0.543. The Kier molecular flexibility index (Phi) is 4.31. The number of halogens is 1. The van der Waals surface area contributed by atoms with Crippen LogP contribution in [-0.2, 0) is 0 Å². The van der Waals surface area contributed by atoms with E-state index in [-0.39, 0.29) is 0 Å². The van der Waals surface area contributed by atoms with Crippen LogP contribution in [-0.4, -0.2) is 35.8 Å².